The van der Waals surface area contributed by atoms with Gasteiger partial charge in [-0.3, -0.25) is 4.98 Å². The summed E-state index contributed by atoms with van der Waals surface area (Å²) in [6.07, 6.45) is 3.62. The molecule has 0 atom stereocenters. The number of nitrogens with zero attached hydrogens (tertiary/aromatic N) is 1. The molecule has 3 nitrogen and oxygen atoms in total. The van der Waals surface area contributed by atoms with Crippen molar-refractivity contribution in [1.29, 1.82) is 0 Å². The summed E-state index contributed by atoms with van der Waals surface area (Å²) < 4.78 is 0. The minimum absolute atomic E-state index is 0.0788. The number of rotatable bonds is 6. The molecule has 0 amide bonds. The Morgan fingerprint density at radius 3 is 2.35 bits per heavy atom. The number of benzene rings is 2. The molecule has 0 radical (unpaired) electrons. The monoisotopic (exact) mass is 304 g/mol. The van der Waals surface area contributed by atoms with Gasteiger partial charge in [-0.1, -0.05) is 42.5 Å². The average Bonchev–Trinajstić information content (AvgIpc) is 2.63. The van der Waals surface area contributed by atoms with Crippen molar-refractivity contribution >= 4 is 0 Å². The zero-order valence-electron chi connectivity index (χ0n) is 12.9. The SMILES string of the molecule is OCc1ccccc1CNCc1cccc(-c2ccncc2)c1. The zero-order valence-corrected chi connectivity index (χ0v) is 12.9. The van der Waals surface area contributed by atoms with Gasteiger partial charge in [-0.05, 0) is 46.0 Å². The van der Waals surface area contributed by atoms with E-state index < -0.39 is 0 Å². The van der Waals surface area contributed by atoms with Crippen LogP contribution in [-0.4, -0.2) is 10.1 Å². The van der Waals surface area contributed by atoms with E-state index in [-0.39, 0.29) is 6.61 Å². The highest BCUT2D eigenvalue weighted by atomic mass is 16.3. The summed E-state index contributed by atoms with van der Waals surface area (Å²) in [4.78, 5) is 4.06. The van der Waals surface area contributed by atoms with Crippen molar-refractivity contribution in [3.8, 4) is 11.1 Å². The van der Waals surface area contributed by atoms with Gasteiger partial charge in [0.1, 0.15) is 0 Å². The standard InChI is InChI=1S/C20H20N2O/c23-15-20-6-2-1-5-19(20)14-22-13-16-4-3-7-18(12-16)17-8-10-21-11-9-17/h1-12,22-23H,13-15H2. The van der Waals surface area contributed by atoms with E-state index in [2.05, 4.69) is 34.6 Å². The smallest absolute Gasteiger partial charge is 0.0685 e. The van der Waals surface area contributed by atoms with Crippen LogP contribution in [0.25, 0.3) is 11.1 Å². The maximum atomic E-state index is 9.36. The molecule has 23 heavy (non-hydrogen) atoms. The molecule has 2 N–H and O–H groups in total. The third kappa shape index (κ3) is 4.03. The van der Waals surface area contributed by atoms with Gasteiger partial charge in [0.2, 0.25) is 0 Å². The highest BCUT2D eigenvalue weighted by Gasteiger charge is 2.02. The van der Waals surface area contributed by atoms with Crippen LogP contribution in [0.15, 0.2) is 73.1 Å². The van der Waals surface area contributed by atoms with Gasteiger partial charge in [0.05, 0.1) is 6.61 Å². The van der Waals surface area contributed by atoms with Crippen LogP contribution in [-0.2, 0) is 19.7 Å². The molecule has 0 unspecified atom stereocenters. The molecule has 1 aromatic heterocycles. The first kappa shape index (κ1) is 15.4. The maximum absolute atomic E-state index is 9.36. The molecular formula is C20H20N2O. The predicted octanol–water partition coefficient (Wildman–Crippen LogP) is 3.53. The average molecular weight is 304 g/mol. The van der Waals surface area contributed by atoms with Gasteiger partial charge >= 0.3 is 0 Å². The lowest BCUT2D eigenvalue weighted by molar-refractivity contribution is 0.280. The van der Waals surface area contributed by atoms with Gasteiger partial charge in [-0.25, -0.2) is 0 Å². The number of nitrogens with one attached hydrogen (secondary N) is 1. The van der Waals surface area contributed by atoms with Crippen LogP contribution >= 0.6 is 0 Å². The van der Waals surface area contributed by atoms with E-state index in [1.165, 1.54) is 16.7 Å². The maximum Gasteiger partial charge on any atom is 0.0685 e. The Morgan fingerprint density at radius 1 is 0.783 bits per heavy atom. The zero-order chi connectivity index (χ0) is 15.9. The molecule has 116 valence electrons. The van der Waals surface area contributed by atoms with Crippen LogP contribution < -0.4 is 5.32 Å². The molecule has 2 aromatic carbocycles. The fraction of sp³-hybridized carbons (Fsp3) is 0.150. The minimum atomic E-state index is 0.0788. The third-order valence-electron chi connectivity index (χ3n) is 3.87. The number of pyridine rings is 1. The molecule has 0 saturated carbocycles. The van der Waals surface area contributed by atoms with Crippen molar-refractivity contribution in [2.45, 2.75) is 19.7 Å². The molecular weight excluding hydrogens is 284 g/mol. The fourth-order valence-corrected chi connectivity index (χ4v) is 2.63. The Balaban J connectivity index is 1.65. The van der Waals surface area contributed by atoms with Crippen LogP contribution in [0.4, 0.5) is 0 Å². The highest BCUT2D eigenvalue weighted by molar-refractivity contribution is 5.63. The Labute approximate surface area is 136 Å². The molecule has 3 heteroatoms. The van der Waals surface area contributed by atoms with Crippen molar-refractivity contribution in [1.82, 2.24) is 10.3 Å². The Morgan fingerprint density at radius 2 is 1.57 bits per heavy atom. The first-order valence-electron chi connectivity index (χ1n) is 7.74. The number of hydrogen-bond donors (Lipinski definition) is 2. The number of aliphatic hydroxyl groups is 1. The fourth-order valence-electron chi connectivity index (χ4n) is 2.63. The number of hydrogen-bond acceptors (Lipinski definition) is 3. The summed E-state index contributed by atoms with van der Waals surface area (Å²) in [5, 5.41) is 12.8. The summed E-state index contributed by atoms with van der Waals surface area (Å²) in [5.74, 6) is 0. The van der Waals surface area contributed by atoms with Gasteiger partial charge in [0, 0.05) is 25.5 Å². The van der Waals surface area contributed by atoms with Gasteiger partial charge in [0.15, 0.2) is 0 Å². The molecule has 3 rings (SSSR count). The van der Waals surface area contributed by atoms with Crippen molar-refractivity contribution in [2.24, 2.45) is 0 Å². The van der Waals surface area contributed by atoms with E-state index in [0.717, 1.165) is 24.2 Å². The first-order valence-corrected chi connectivity index (χ1v) is 7.74. The summed E-state index contributed by atoms with van der Waals surface area (Å²) in [6, 6.07) is 20.5. The normalized spacial score (nSPS) is 10.7. The molecule has 3 aromatic rings. The molecule has 0 saturated heterocycles. The van der Waals surface area contributed by atoms with Gasteiger partial charge < -0.3 is 10.4 Å². The molecule has 0 aliphatic heterocycles. The molecule has 0 fully saturated rings. The minimum Gasteiger partial charge on any atom is -0.392 e. The third-order valence-corrected chi connectivity index (χ3v) is 3.87. The van der Waals surface area contributed by atoms with E-state index >= 15 is 0 Å². The van der Waals surface area contributed by atoms with Gasteiger partial charge in [-0.15, -0.1) is 0 Å². The molecule has 0 aliphatic carbocycles. The summed E-state index contributed by atoms with van der Waals surface area (Å²) in [6.45, 7) is 1.62. The van der Waals surface area contributed by atoms with Crippen molar-refractivity contribution in [2.75, 3.05) is 0 Å². The van der Waals surface area contributed by atoms with Crippen molar-refractivity contribution in [3.63, 3.8) is 0 Å². The molecule has 0 spiro atoms. The largest absolute Gasteiger partial charge is 0.392 e. The van der Waals surface area contributed by atoms with Crippen molar-refractivity contribution in [3.05, 3.63) is 89.7 Å². The second-order valence-corrected chi connectivity index (χ2v) is 5.47. The Hall–Kier alpha value is -2.49. The summed E-state index contributed by atoms with van der Waals surface area (Å²) >= 11 is 0. The summed E-state index contributed by atoms with van der Waals surface area (Å²) in [5.41, 5.74) is 5.72. The van der Waals surface area contributed by atoms with Gasteiger partial charge in [-0.2, -0.15) is 0 Å². The first-order chi connectivity index (χ1) is 11.4. The van der Waals surface area contributed by atoms with E-state index in [1.807, 2.05) is 48.8 Å². The Bertz CT molecular complexity index is 756. The predicted molar refractivity (Wildman–Crippen MR) is 92.6 cm³/mol. The van der Waals surface area contributed by atoms with E-state index in [1.54, 1.807) is 0 Å². The molecule has 1 heterocycles. The highest BCUT2D eigenvalue weighted by Crippen LogP contribution is 2.19. The topological polar surface area (TPSA) is 45.1 Å². The van der Waals surface area contributed by atoms with E-state index in [4.69, 9.17) is 0 Å². The molecule has 0 aliphatic rings. The second kappa shape index (κ2) is 7.68. The lowest BCUT2D eigenvalue weighted by Gasteiger charge is -2.10. The summed E-state index contributed by atoms with van der Waals surface area (Å²) in [7, 11) is 0. The van der Waals surface area contributed by atoms with Crippen LogP contribution in [0, 0.1) is 0 Å². The molecule has 0 bridgehead atoms. The van der Waals surface area contributed by atoms with Crippen LogP contribution in [0.1, 0.15) is 16.7 Å². The number of aliphatic hydroxyl groups excluding tert-OH is 1. The van der Waals surface area contributed by atoms with Crippen LogP contribution in [0.2, 0.25) is 0 Å². The lowest BCUT2D eigenvalue weighted by atomic mass is 10.0. The quantitative estimate of drug-likeness (QED) is 0.732. The number of aromatic nitrogens is 1. The van der Waals surface area contributed by atoms with E-state index in [0.29, 0.717) is 0 Å². The lowest BCUT2D eigenvalue weighted by Crippen LogP contribution is -2.14. The van der Waals surface area contributed by atoms with Crippen LogP contribution in [0.5, 0.6) is 0 Å². The van der Waals surface area contributed by atoms with Gasteiger partial charge in [0.25, 0.3) is 0 Å². The van der Waals surface area contributed by atoms with E-state index in [9.17, 15) is 5.11 Å². The van der Waals surface area contributed by atoms with Crippen LogP contribution in [0.3, 0.4) is 0 Å². The second-order valence-electron chi connectivity index (χ2n) is 5.47. The van der Waals surface area contributed by atoms with Crippen molar-refractivity contribution < 1.29 is 5.11 Å². The Kier molecular flexibility index (Phi) is 5.14.